The van der Waals surface area contributed by atoms with Crippen LogP contribution in [-0.2, 0) is 6.54 Å². The number of rotatable bonds is 6. The summed E-state index contributed by atoms with van der Waals surface area (Å²) in [5.41, 5.74) is 2.28. The fourth-order valence-corrected chi connectivity index (χ4v) is 2.97. The summed E-state index contributed by atoms with van der Waals surface area (Å²) in [6.07, 6.45) is 1.94. The highest BCUT2D eigenvalue weighted by Gasteiger charge is 2.21. The standard InChI is InChI=1S/C18H26N2O2/c1-4-21-17-7-6-16(18(14(17)3)22-5-2)13-20-10-8-15(12-19)9-11-20/h6-7,15H,4-5,8-11,13H2,1-3H3. The fourth-order valence-electron chi connectivity index (χ4n) is 2.97. The van der Waals surface area contributed by atoms with Crippen LogP contribution in [0.25, 0.3) is 0 Å². The number of benzene rings is 1. The molecular weight excluding hydrogens is 276 g/mol. The Bertz CT molecular complexity index is 529. The summed E-state index contributed by atoms with van der Waals surface area (Å²) in [5.74, 6) is 2.08. The Morgan fingerprint density at radius 2 is 1.86 bits per heavy atom. The van der Waals surface area contributed by atoms with E-state index in [0.717, 1.165) is 49.5 Å². The van der Waals surface area contributed by atoms with Crippen molar-refractivity contribution in [2.45, 2.75) is 40.2 Å². The molecule has 0 spiro atoms. The quantitative estimate of drug-likeness (QED) is 0.806. The lowest BCUT2D eigenvalue weighted by Gasteiger charge is -2.30. The van der Waals surface area contributed by atoms with Gasteiger partial charge in [0, 0.05) is 23.6 Å². The van der Waals surface area contributed by atoms with Crippen molar-refractivity contribution in [3.63, 3.8) is 0 Å². The predicted octanol–water partition coefficient (Wildman–Crippen LogP) is 3.53. The number of nitriles is 1. The molecule has 4 heteroatoms. The number of likely N-dealkylation sites (tertiary alicyclic amines) is 1. The third-order valence-corrected chi connectivity index (χ3v) is 4.19. The molecule has 0 aromatic heterocycles. The van der Waals surface area contributed by atoms with Gasteiger partial charge in [-0.1, -0.05) is 6.07 Å². The molecule has 22 heavy (non-hydrogen) atoms. The SMILES string of the molecule is CCOc1ccc(CN2CCC(C#N)CC2)c(OCC)c1C. The van der Waals surface area contributed by atoms with Gasteiger partial charge in [0.05, 0.1) is 19.3 Å². The van der Waals surface area contributed by atoms with E-state index >= 15 is 0 Å². The van der Waals surface area contributed by atoms with E-state index in [1.807, 2.05) is 19.9 Å². The molecule has 0 aliphatic carbocycles. The van der Waals surface area contributed by atoms with E-state index in [0.29, 0.717) is 13.2 Å². The summed E-state index contributed by atoms with van der Waals surface area (Å²) in [6.45, 7) is 10.2. The Kier molecular flexibility index (Phi) is 6.09. The van der Waals surface area contributed by atoms with Gasteiger partial charge in [0.1, 0.15) is 11.5 Å². The minimum absolute atomic E-state index is 0.227. The Labute approximate surface area is 133 Å². The summed E-state index contributed by atoms with van der Waals surface area (Å²) >= 11 is 0. The average molecular weight is 302 g/mol. The first-order chi connectivity index (χ1) is 10.7. The molecule has 0 bridgehead atoms. The molecule has 0 N–H and O–H groups in total. The summed E-state index contributed by atoms with van der Waals surface area (Å²) < 4.78 is 11.5. The Morgan fingerprint density at radius 3 is 2.45 bits per heavy atom. The van der Waals surface area contributed by atoms with Crippen LogP contribution < -0.4 is 9.47 Å². The molecule has 0 unspecified atom stereocenters. The summed E-state index contributed by atoms with van der Waals surface area (Å²) in [4.78, 5) is 2.41. The molecule has 120 valence electrons. The van der Waals surface area contributed by atoms with Gasteiger partial charge in [0.25, 0.3) is 0 Å². The average Bonchev–Trinajstić information content (AvgIpc) is 2.54. The molecule has 4 nitrogen and oxygen atoms in total. The highest BCUT2D eigenvalue weighted by atomic mass is 16.5. The van der Waals surface area contributed by atoms with E-state index < -0.39 is 0 Å². The van der Waals surface area contributed by atoms with E-state index in [4.69, 9.17) is 14.7 Å². The van der Waals surface area contributed by atoms with Crippen molar-refractivity contribution in [1.29, 1.82) is 5.26 Å². The lowest BCUT2D eigenvalue weighted by Crippen LogP contribution is -2.33. The van der Waals surface area contributed by atoms with Crippen molar-refractivity contribution in [3.8, 4) is 17.6 Å². The Morgan fingerprint density at radius 1 is 1.18 bits per heavy atom. The maximum Gasteiger partial charge on any atom is 0.130 e. The molecule has 1 saturated heterocycles. The van der Waals surface area contributed by atoms with Gasteiger partial charge in [-0.2, -0.15) is 5.26 Å². The molecule has 1 aliphatic heterocycles. The van der Waals surface area contributed by atoms with Crippen LogP contribution in [0.4, 0.5) is 0 Å². The third-order valence-electron chi connectivity index (χ3n) is 4.19. The van der Waals surface area contributed by atoms with E-state index in [9.17, 15) is 0 Å². The Hall–Kier alpha value is -1.73. The first kappa shape index (κ1) is 16.6. The van der Waals surface area contributed by atoms with Gasteiger partial charge in [0.15, 0.2) is 0 Å². The summed E-state index contributed by atoms with van der Waals surface area (Å²) in [6, 6.07) is 6.53. The summed E-state index contributed by atoms with van der Waals surface area (Å²) in [5, 5.41) is 9.00. The zero-order valence-corrected chi connectivity index (χ0v) is 13.9. The van der Waals surface area contributed by atoms with Gasteiger partial charge >= 0.3 is 0 Å². The molecule has 1 aliphatic rings. The van der Waals surface area contributed by atoms with Crippen LogP contribution >= 0.6 is 0 Å². The molecule has 0 saturated carbocycles. The molecule has 0 atom stereocenters. The van der Waals surface area contributed by atoms with Gasteiger partial charge in [0.2, 0.25) is 0 Å². The molecule has 0 amide bonds. The minimum atomic E-state index is 0.227. The molecule has 1 aromatic rings. The van der Waals surface area contributed by atoms with Crippen LogP contribution in [0.1, 0.15) is 37.8 Å². The van der Waals surface area contributed by atoms with E-state index in [2.05, 4.69) is 24.0 Å². The summed E-state index contributed by atoms with van der Waals surface area (Å²) in [7, 11) is 0. The van der Waals surface area contributed by atoms with Gasteiger partial charge in [-0.05, 0) is 52.8 Å². The molecule has 0 radical (unpaired) electrons. The molecule has 2 rings (SSSR count). The number of piperidine rings is 1. The van der Waals surface area contributed by atoms with E-state index in [1.54, 1.807) is 0 Å². The Balaban J connectivity index is 2.13. The van der Waals surface area contributed by atoms with Crippen molar-refractivity contribution in [1.82, 2.24) is 4.90 Å². The van der Waals surface area contributed by atoms with Crippen LogP contribution in [0.2, 0.25) is 0 Å². The van der Waals surface area contributed by atoms with Crippen molar-refractivity contribution < 1.29 is 9.47 Å². The smallest absolute Gasteiger partial charge is 0.130 e. The van der Waals surface area contributed by atoms with Gasteiger partial charge in [-0.3, -0.25) is 4.90 Å². The lowest BCUT2D eigenvalue weighted by atomic mass is 9.98. The van der Waals surface area contributed by atoms with Gasteiger partial charge in [-0.15, -0.1) is 0 Å². The number of nitrogens with zero attached hydrogens (tertiary/aromatic N) is 2. The second kappa shape index (κ2) is 8.05. The second-order valence-electron chi connectivity index (χ2n) is 5.72. The second-order valence-corrected chi connectivity index (χ2v) is 5.72. The van der Waals surface area contributed by atoms with Crippen molar-refractivity contribution in [2.75, 3.05) is 26.3 Å². The minimum Gasteiger partial charge on any atom is -0.493 e. The largest absolute Gasteiger partial charge is 0.493 e. The monoisotopic (exact) mass is 302 g/mol. The first-order valence-corrected chi connectivity index (χ1v) is 8.19. The maximum atomic E-state index is 9.00. The van der Waals surface area contributed by atoms with Crippen LogP contribution in [0.3, 0.4) is 0 Å². The van der Waals surface area contributed by atoms with E-state index in [1.165, 1.54) is 5.56 Å². The topological polar surface area (TPSA) is 45.5 Å². The van der Waals surface area contributed by atoms with Crippen LogP contribution in [0.15, 0.2) is 12.1 Å². The number of hydrogen-bond acceptors (Lipinski definition) is 4. The van der Waals surface area contributed by atoms with E-state index in [-0.39, 0.29) is 5.92 Å². The number of hydrogen-bond donors (Lipinski definition) is 0. The van der Waals surface area contributed by atoms with Crippen molar-refractivity contribution in [3.05, 3.63) is 23.3 Å². The van der Waals surface area contributed by atoms with Gasteiger partial charge in [-0.25, -0.2) is 0 Å². The predicted molar refractivity (Wildman–Crippen MR) is 87.1 cm³/mol. The first-order valence-electron chi connectivity index (χ1n) is 8.19. The van der Waals surface area contributed by atoms with Crippen LogP contribution in [-0.4, -0.2) is 31.2 Å². The van der Waals surface area contributed by atoms with Crippen molar-refractivity contribution in [2.24, 2.45) is 5.92 Å². The number of ether oxygens (including phenoxy) is 2. The molecular formula is C18H26N2O2. The maximum absolute atomic E-state index is 9.00. The molecule has 1 aromatic carbocycles. The molecule has 1 fully saturated rings. The molecule has 1 heterocycles. The van der Waals surface area contributed by atoms with Crippen molar-refractivity contribution >= 4 is 0 Å². The van der Waals surface area contributed by atoms with Crippen LogP contribution in [0.5, 0.6) is 11.5 Å². The zero-order chi connectivity index (χ0) is 15.9. The van der Waals surface area contributed by atoms with Crippen LogP contribution in [0, 0.1) is 24.2 Å². The normalized spacial score (nSPS) is 16.3. The third kappa shape index (κ3) is 3.92. The lowest BCUT2D eigenvalue weighted by molar-refractivity contribution is 0.195. The zero-order valence-electron chi connectivity index (χ0n) is 13.9. The fraction of sp³-hybridized carbons (Fsp3) is 0.611. The highest BCUT2D eigenvalue weighted by Crippen LogP contribution is 2.33. The van der Waals surface area contributed by atoms with Gasteiger partial charge < -0.3 is 9.47 Å². The highest BCUT2D eigenvalue weighted by molar-refractivity contribution is 5.49.